The minimum absolute atomic E-state index is 0. The Bertz CT molecular complexity index is 469. The van der Waals surface area contributed by atoms with E-state index < -0.39 is 0 Å². The van der Waals surface area contributed by atoms with E-state index in [1.807, 2.05) is 13.8 Å². The molecule has 1 atom stereocenters. The molecule has 3 N–H and O–H groups in total. The lowest BCUT2D eigenvalue weighted by atomic mass is 10.1. The van der Waals surface area contributed by atoms with Crippen molar-refractivity contribution in [2.75, 3.05) is 26.3 Å². The van der Waals surface area contributed by atoms with Crippen molar-refractivity contribution in [1.29, 1.82) is 0 Å². The summed E-state index contributed by atoms with van der Waals surface area (Å²) < 4.78 is 11.3. The number of rotatable bonds is 10. The summed E-state index contributed by atoms with van der Waals surface area (Å²) in [5.41, 5.74) is 6.12. The van der Waals surface area contributed by atoms with Crippen molar-refractivity contribution in [1.82, 2.24) is 5.32 Å². The van der Waals surface area contributed by atoms with Crippen LogP contribution in [0.1, 0.15) is 44.0 Å². The van der Waals surface area contributed by atoms with Crippen LogP contribution in [-0.2, 0) is 0 Å². The van der Waals surface area contributed by atoms with Crippen LogP contribution >= 0.6 is 12.4 Å². The largest absolute Gasteiger partial charge is 0.490 e. The van der Waals surface area contributed by atoms with Gasteiger partial charge in [0.2, 0.25) is 0 Å². The smallest absolute Gasteiger partial charge is 0.251 e. The molecule has 1 unspecified atom stereocenters. The first kappa shape index (κ1) is 21.5. The molecule has 0 aromatic heterocycles. The van der Waals surface area contributed by atoms with Crippen molar-refractivity contribution in [3.63, 3.8) is 0 Å². The zero-order valence-electron chi connectivity index (χ0n) is 14.3. The quantitative estimate of drug-likeness (QED) is 0.640. The molecule has 0 radical (unpaired) electrons. The molecule has 0 saturated heterocycles. The lowest BCUT2D eigenvalue weighted by Crippen LogP contribution is -2.31. The number of benzene rings is 1. The van der Waals surface area contributed by atoms with E-state index >= 15 is 0 Å². The Labute approximate surface area is 145 Å². The first-order valence-corrected chi connectivity index (χ1v) is 8.00. The Balaban J connectivity index is 0.00000484. The number of carbonyl (C=O) groups is 1. The lowest BCUT2D eigenvalue weighted by Gasteiger charge is -2.14. The average Bonchev–Trinajstić information content (AvgIpc) is 2.54. The van der Waals surface area contributed by atoms with Gasteiger partial charge in [0.05, 0.1) is 13.2 Å². The fourth-order valence-electron chi connectivity index (χ4n) is 1.82. The number of carbonyl (C=O) groups excluding carboxylic acids is 1. The molecule has 0 bridgehead atoms. The summed E-state index contributed by atoms with van der Waals surface area (Å²) in [6, 6.07) is 5.28. The predicted molar refractivity (Wildman–Crippen MR) is 95.8 cm³/mol. The highest BCUT2D eigenvalue weighted by atomic mass is 35.5. The average molecular weight is 345 g/mol. The summed E-state index contributed by atoms with van der Waals surface area (Å²) in [6.45, 7) is 8.31. The van der Waals surface area contributed by atoms with Crippen molar-refractivity contribution >= 4 is 18.3 Å². The maximum atomic E-state index is 12.1. The second kappa shape index (κ2) is 12.0. The van der Waals surface area contributed by atoms with Gasteiger partial charge in [-0.3, -0.25) is 4.79 Å². The van der Waals surface area contributed by atoms with Crippen LogP contribution in [-0.4, -0.2) is 32.2 Å². The molecule has 0 spiro atoms. The van der Waals surface area contributed by atoms with Gasteiger partial charge in [0.15, 0.2) is 11.5 Å². The van der Waals surface area contributed by atoms with Crippen LogP contribution in [0.5, 0.6) is 11.5 Å². The highest BCUT2D eigenvalue weighted by molar-refractivity contribution is 5.94. The van der Waals surface area contributed by atoms with E-state index in [-0.39, 0.29) is 24.2 Å². The molecule has 0 aliphatic rings. The van der Waals surface area contributed by atoms with Gasteiger partial charge in [-0.25, -0.2) is 0 Å². The summed E-state index contributed by atoms with van der Waals surface area (Å²) in [7, 11) is 0. The van der Waals surface area contributed by atoms with Gasteiger partial charge in [-0.15, -0.1) is 12.4 Å². The lowest BCUT2D eigenvalue weighted by molar-refractivity contribution is 0.0948. The monoisotopic (exact) mass is 344 g/mol. The molecule has 23 heavy (non-hydrogen) atoms. The minimum atomic E-state index is -0.124. The van der Waals surface area contributed by atoms with E-state index in [4.69, 9.17) is 15.2 Å². The molecule has 1 aromatic carbocycles. The predicted octanol–water partition coefficient (Wildman–Crippen LogP) is 3.01. The van der Waals surface area contributed by atoms with Crippen molar-refractivity contribution in [2.24, 2.45) is 11.7 Å². The van der Waals surface area contributed by atoms with Crippen LogP contribution in [0.3, 0.4) is 0 Å². The normalized spacial score (nSPS) is 11.3. The van der Waals surface area contributed by atoms with Gasteiger partial charge >= 0.3 is 0 Å². The molecule has 5 nitrogen and oxygen atoms in total. The van der Waals surface area contributed by atoms with E-state index in [0.717, 1.165) is 12.8 Å². The van der Waals surface area contributed by atoms with E-state index in [0.29, 0.717) is 43.4 Å². The van der Waals surface area contributed by atoms with Crippen LogP contribution in [0.25, 0.3) is 0 Å². The molecule has 1 aromatic rings. The molecule has 6 heteroatoms. The second-order valence-corrected chi connectivity index (χ2v) is 5.35. The van der Waals surface area contributed by atoms with Gasteiger partial charge < -0.3 is 20.5 Å². The molecule has 132 valence electrons. The van der Waals surface area contributed by atoms with Crippen LogP contribution in [0.2, 0.25) is 0 Å². The number of ether oxygens (including phenoxy) is 2. The molecule has 0 aliphatic heterocycles. The maximum absolute atomic E-state index is 12.1. The third-order valence-corrected chi connectivity index (χ3v) is 3.27. The second-order valence-electron chi connectivity index (χ2n) is 5.35. The Hall–Kier alpha value is -1.46. The number of hydrogen-bond donors (Lipinski definition) is 2. The van der Waals surface area contributed by atoms with Crippen molar-refractivity contribution < 1.29 is 14.3 Å². The summed E-state index contributed by atoms with van der Waals surface area (Å²) in [6.07, 6.45) is 2.06. The van der Waals surface area contributed by atoms with Crippen LogP contribution in [0.4, 0.5) is 0 Å². The summed E-state index contributed by atoms with van der Waals surface area (Å²) in [5, 5.41) is 2.88. The van der Waals surface area contributed by atoms with Crippen LogP contribution in [0, 0.1) is 5.92 Å². The van der Waals surface area contributed by atoms with Gasteiger partial charge in [-0.2, -0.15) is 0 Å². The number of unbranched alkanes of at least 4 members (excludes halogenated alkanes) is 1. The van der Waals surface area contributed by atoms with Crippen molar-refractivity contribution in [3.05, 3.63) is 23.8 Å². The van der Waals surface area contributed by atoms with Gasteiger partial charge in [-0.05, 0) is 44.0 Å². The highest BCUT2D eigenvalue weighted by Gasteiger charge is 2.12. The summed E-state index contributed by atoms with van der Waals surface area (Å²) in [5.74, 6) is 1.42. The highest BCUT2D eigenvalue weighted by Crippen LogP contribution is 2.28. The molecule has 0 fully saturated rings. The Morgan fingerprint density at radius 1 is 1.26 bits per heavy atom. The fourth-order valence-corrected chi connectivity index (χ4v) is 1.82. The third-order valence-electron chi connectivity index (χ3n) is 3.27. The first-order chi connectivity index (χ1) is 10.6. The molecular formula is C17H29ClN2O3. The van der Waals surface area contributed by atoms with Crippen LogP contribution in [0.15, 0.2) is 18.2 Å². The molecule has 1 rings (SSSR count). The molecule has 0 aliphatic carbocycles. The number of nitrogens with one attached hydrogen (secondary N) is 1. The van der Waals surface area contributed by atoms with Crippen molar-refractivity contribution in [2.45, 2.75) is 33.6 Å². The summed E-state index contributed by atoms with van der Waals surface area (Å²) >= 11 is 0. The molecule has 0 heterocycles. The number of halogens is 1. The summed E-state index contributed by atoms with van der Waals surface area (Å²) in [4.78, 5) is 12.1. The SMILES string of the molecule is CCCCOc1ccc(C(=O)NCC(C)CN)cc1OCC.Cl. The van der Waals surface area contributed by atoms with Gasteiger partial charge in [0.25, 0.3) is 5.91 Å². The molecule has 0 saturated carbocycles. The Kier molecular flexibility index (Phi) is 11.3. The fraction of sp³-hybridized carbons (Fsp3) is 0.588. The standard InChI is InChI=1S/C17H28N2O3.ClH/c1-4-6-9-22-15-8-7-14(10-16(15)21-5-2)17(20)19-12-13(3)11-18;/h7-8,10,13H,4-6,9,11-12,18H2,1-3H3,(H,19,20);1H. The number of amides is 1. The third kappa shape index (κ3) is 7.57. The number of nitrogens with two attached hydrogens (primary N) is 1. The Morgan fingerprint density at radius 2 is 2.00 bits per heavy atom. The number of hydrogen-bond acceptors (Lipinski definition) is 4. The molecule has 1 amide bonds. The van der Waals surface area contributed by atoms with Crippen LogP contribution < -0.4 is 20.5 Å². The van der Waals surface area contributed by atoms with Gasteiger partial charge in [-0.1, -0.05) is 20.3 Å². The van der Waals surface area contributed by atoms with Gasteiger partial charge in [0.1, 0.15) is 0 Å². The zero-order chi connectivity index (χ0) is 16.4. The van der Waals surface area contributed by atoms with E-state index in [2.05, 4.69) is 12.2 Å². The Morgan fingerprint density at radius 3 is 2.61 bits per heavy atom. The maximum Gasteiger partial charge on any atom is 0.251 e. The minimum Gasteiger partial charge on any atom is -0.490 e. The zero-order valence-corrected chi connectivity index (χ0v) is 15.1. The van der Waals surface area contributed by atoms with Crippen molar-refractivity contribution in [3.8, 4) is 11.5 Å². The topological polar surface area (TPSA) is 73.6 Å². The first-order valence-electron chi connectivity index (χ1n) is 8.00. The van der Waals surface area contributed by atoms with Gasteiger partial charge in [0, 0.05) is 12.1 Å². The molecular weight excluding hydrogens is 316 g/mol. The van der Waals surface area contributed by atoms with E-state index in [1.54, 1.807) is 18.2 Å². The van der Waals surface area contributed by atoms with E-state index in [1.165, 1.54) is 0 Å². The van der Waals surface area contributed by atoms with E-state index in [9.17, 15) is 4.79 Å².